The van der Waals surface area contributed by atoms with Crippen LogP contribution in [-0.2, 0) is 11.3 Å². The first-order chi connectivity index (χ1) is 7.79. The maximum atomic E-state index is 11.1. The lowest BCUT2D eigenvalue weighted by atomic mass is 10.1. The van der Waals surface area contributed by atoms with Crippen LogP contribution < -0.4 is 5.32 Å². The van der Waals surface area contributed by atoms with Gasteiger partial charge < -0.3 is 5.32 Å². The maximum Gasteiger partial charge on any atom is 0.229 e. The second kappa shape index (κ2) is 5.03. The molecule has 0 heterocycles. The molecule has 0 aromatic heterocycles. The minimum Gasteiger partial charge on any atom is -0.351 e. The van der Waals surface area contributed by atoms with E-state index in [0.717, 1.165) is 5.56 Å². The minimum absolute atomic E-state index is 0.0449. The van der Waals surface area contributed by atoms with Crippen molar-refractivity contribution in [2.45, 2.75) is 6.54 Å². The van der Waals surface area contributed by atoms with Crippen molar-refractivity contribution in [2.24, 2.45) is 0 Å². The zero-order valence-corrected chi connectivity index (χ0v) is 9.71. The van der Waals surface area contributed by atoms with Gasteiger partial charge in [-0.05, 0) is 22.4 Å². The molecule has 2 rings (SSSR count). The Balaban J connectivity index is 2.16. The molecule has 82 valence electrons. The third-order valence-electron chi connectivity index (χ3n) is 2.45. The molecule has 2 nitrogen and oxygen atoms in total. The number of amides is 1. The lowest BCUT2D eigenvalue weighted by molar-refractivity contribution is -0.118. The van der Waals surface area contributed by atoms with E-state index in [-0.39, 0.29) is 11.7 Å². The quantitative estimate of drug-likeness (QED) is 0.780. The number of hydrogen-bond acceptors (Lipinski definition) is 2. The van der Waals surface area contributed by atoms with Crippen molar-refractivity contribution in [3.8, 4) is 0 Å². The van der Waals surface area contributed by atoms with E-state index < -0.39 is 0 Å². The number of hydrogen-bond donors (Lipinski definition) is 2. The molecule has 16 heavy (non-hydrogen) atoms. The number of thiol groups is 1. The van der Waals surface area contributed by atoms with Crippen LogP contribution >= 0.6 is 12.6 Å². The highest BCUT2D eigenvalue weighted by Gasteiger charge is 1.99. The fourth-order valence-electron chi connectivity index (χ4n) is 1.61. The second-order valence-electron chi connectivity index (χ2n) is 3.62. The third kappa shape index (κ3) is 2.55. The lowest BCUT2D eigenvalue weighted by Gasteiger charge is -2.05. The summed E-state index contributed by atoms with van der Waals surface area (Å²) in [4.78, 5) is 11.1. The van der Waals surface area contributed by atoms with E-state index >= 15 is 0 Å². The fraction of sp³-hybridized carbons (Fsp3) is 0.154. The van der Waals surface area contributed by atoms with Crippen molar-refractivity contribution < 1.29 is 4.79 Å². The van der Waals surface area contributed by atoms with E-state index in [1.165, 1.54) is 10.8 Å². The first kappa shape index (κ1) is 11.0. The lowest BCUT2D eigenvalue weighted by Crippen LogP contribution is -2.23. The highest BCUT2D eigenvalue weighted by Crippen LogP contribution is 2.15. The summed E-state index contributed by atoms with van der Waals surface area (Å²) in [6.07, 6.45) is 0. The molecule has 3 heteroatoms. The van der Waals surface area contributed by atoms with E-state index in [1.807, 2.05) is 18.2 Å². The highest BCUT2D eigenvalue weighted by molar-refractivity contribution is 7.81. The van der Waals surface area contributed by atoms with Crippen LogP contribution in [0.15, 0.2) is 42.5 Å². The number of fused-ring (bicyclic) bond motifs is 1. The summed E-state index contributed by atoms with van der Waals surface area (Å²) < 4.78 is 0. The first-order valence-corrected chi connectivity index (χ1v) is 5.78. The Labute approximate surface area is 100 Å². The molecular formula is C13H13NOS. The van der Waals surface area contributed by atoms with Crippen LogP contribution in [0.5, 0.6) is 0 Å². The molecule has 0 fully saturated rings. The predicted molar refractivity (Wildman–Crippen MR) is 69.6 cm³/mol. The monoisotopic (exact) mass is 231 g/mol. The number of carbonyl (C=O) groups excluding carboxylic acids is 1. The zero-order chi connectivity index (χ0) is 11.4. The smallest absolute Gasteiger partial charge is 0.229 e. The normalized spacial score (nSPS) is 10.3. The molecule has 0 saturated heterocycles. The van der Waals surface area contributed by atoms with E-state index in [0.29, 0.717) is 6.54 Å². The molecule has 0 saturated carbocycles. The van der Waals surface area contributed by atoms with Crippen molar-refractivity contribution in [3.63, 3.8) is 0 Å². The number of benzene rings is 2. The van der Waals surface area contributed by atoms with Gasteiger partial charge in [0, 0.05) is 6.54 Å². The van der Waals surface area contributed by atoms with Gasteiger partial charge >= 0.3 is 0 Å². The minimum atomic E-state index is -0.0449. The Hall–Kier alpha value is -1.48. The largest absolute Gasteiger partial charge is 0.351 e. The SMILES string of the molecule is O=C(CS)NCc1ccc2ccccc2c1. The molecule has 0 bridgehead atoms. The average Bonchev–Trinajstić information content (AvgIpc) is 2.35. The van der Waals surface area contributed by atoms with Crippen molar-refractivity contribution in [3.05, 3.63) is 48.0 Å². The summed E-state index contributed by atoms with van der Waals surface area (Å²) in [7, 11) is 0. The fourth-order valence-corrected chi connectivity index (χ4v) is 1.72. The molecule has 2 aromatic rings. The Bertz CT molecular complexity index is 510. The van der Waals surface area contributed by atoms with Gasteiger partial charge in [0.2, 0.25) is 5.91 Å². The standard InChI is InChI=1S/C13H13NOS/c15-13(9-16)14-8-10-5-6-11-3-1-2-4-12(11)7-10/h1-7,16H,8-9H2,(H,14,15). The van der Waals surface area contributed by atoms with Gasteiger partial charge in [-0.25, -0.2) is 0 Å². The van der Waals surface area contributed by atoms with Crippen molar-refractivity contribution in [1.29, 1.82) is 0 Å². The molecule has 0 aliphatic rings. The van der Waals surface area contributed by atoms with Crippen molar-refractivity contribution >= 4 is 29.3 Å². The van der Waals surface area contributed by atoms with E-state index in [1.54, 1.807) is 0 Å². The molecule has 0 radical (unpaired) electrons. The summed E-state index contributed by atoms with van der Waals surface area (Å²) in [6.45, 7) is 0.560. The summed E-state index contributed by atoms with van der Waals surface area (Å²) in [6, 6.07) is 14.4. The van der Waals surface area contributed by atoms with Gasteiger partial charge in [0.05, 0.1) is 5.75 Å². The average molecular weight is 231 g/mol. The van der Waals surface area contributed by atoms with Gasteiger partial charge in [-0.1, -0.05) is 36.4 Å². The van der Waals surface area contributed by atoms with E-state index in [2.05, 4.69) is 42.2 Å². The maximum absolute atomic E-state index is 11.1. The molecule has 2 aromatic carbocycles. The molecule has 1 amide bonds. The summed E-state index contributed by atoms with van der Waals surface area (Å²) in [5, 5.41) is 5.21. The third-order valence-corrected chi connectivity index (χ3v) is 2.73. The number of rotatable bonds is 3. The van der Waals surface area contributed by atoms with Gasteiger partial charge in [-0.2, -0.15) is 12.6 Å². The Morgan fingerprint density at radius 3 is 2.62 bits per heavy atom. The van der Waals surface area contributed by atoms with Crippen LogP contribution in [0.2, 0.25) is 0 Å². The van der Waals surface area contributed by atoms with Gasteiger partial charge in [0.15, 0.2) is 0 Å². The second-order valence-corrected chi connectivity index (χ2v) is 3.93. The van der Waals surface area contributed by atoms with Crippen LogP contribution in [0.1, 0.15) is 5.56 Å². The molecular weight excluding hydrogens is 218 g/mol. The van der Waals surface area contributed by atoms with Crippen molar-refractivity contribution in [1.82, 2.24) is 5.32 Å². The zero-order valence-electron chi connectivity index (χ0n) is 8.81. The Morgan fingerprint density at radius 1 is 1.12 bits per heavy atom. The van der Waals surface area contributed by atoms with Crippen LogP contribution in [0.4, 0.5) is 0 Å². The first-order valence-electron chi connectivity index (χ1n) is 5.15. The highest BCUT2D eigenvalue weighted by atomic mass is 32.1. The summed E-state index contributed by atoms with van der Waals surface area (Å²) in [5.41, 5.74) is 1.11. The molecule has 0 aliphatic carbocycles. The molecule has 0 aliphatic heterocycles. The predicted octanol–water partition coefficient (Wildman–Crippen LogP) is 2.39. The van der Waals surface area contributed by atoms with Gasteiger partial charge in [-0.3, -0.25) is 4.79 Å². The van der Waals surface area contributed by atoms with Crippen LogP contribution in [-0.4, -0.2) is 11.7 Å². The van der Waals surface area contributed by atoms with Crippen LogP contribution in [0.25, 0.3) is 10.8 Å². The number of carbonyl (C=O) groups is 1. The molecule has 0 unspecified atom stereocenters. The van der Waals surface area contributed by atoms with Crippen LogP contribution in [0.3, 0.4) is 0 Å². The van der Waals surface area contributed by atoms with Crippen molar-refractivity contribution in [2.75, 3.05) is 5.75 Å². The van der Waals surface area contributed by atoms with Gasteiger partial charge in [0.25, 0.3) is 0 Å². The van der Waals surface area contributed by atoms with E-state index in [9.17, 15) is 4.79 Å². The molecule has 0 spiro atoms. The molecule has 1 N–H and O–H groups in total. The topological polar surface area (TPSA) is 29.1 Å². The molecule has 0 atom stereocenters. The number of nitrogens with one attached hydrogen (secondary N) is 1. The summed E-state index contributed by atoms with van der Waals surface area (Å²) in [5.74, 6) is 0.185. The van der Waals surface area contributed by atoms with E-state index in [4.69, 9.17) is 0 Å². The van der Waals surface area contributed by atoms with Gasteiger partial charge in [0.1, 0.15) is 0 Å². The summed E-state index contributed by atoms with van der Waals surface area (Å²) >= 11 is 3.91. The Morgan fingerprint density at radius 2 is 1.88 bits per heavy atom. The van der Waals surface area contributed by atoms with Gasteiger partial charge in [-0.15, -0.1) is 0 Å². The Kier molecular flexibility index (Phi) is 3.47. The van der Waals surface area contributed by atoms with Crippen LogP contribution in [0, 0.1) is 0 Å².